The molecular formula is C13H18N2O3. The van der Waals surface area contributed by atoms with Gasteiger partial charge in [0.05, 0.1) is 6.10 Å². The van der Waals surface area contributed by atoms with Gasteiger partial charge in [0.15, 0.2) is 0 Å². The van der Waals surface area contributed by atoms with Gasteiger partial charge in [-0.05, 0) is 31.9 Å². The summed E-state index contributed by atoms with van der Waals surface area (Å²) in [5.41, 5.74) is 1.48. The molecule has 1 aromatic rings. The summed E-state index contributed by atoms with van der Waals surface area (Å²) >= 11 is 0. The van der Waals surface area contributed by atoms with Gasteiger partial charge < -0.3 is 14.6 Å². The van der Waals surface area contributed by atoms with E-state index < -0.39 is 6.10 Å². The van der Waals surface area contributed by atoms with E-state index in [1.54, 1.807) is 18.9 Å². The lowest BCUT2D eigenvalue weighted by Crippen LogP contribution is -2.36. The number of likely N-dealkylation sites (tertiary alicyclic amines) is 1. The normalized spacial score (nSPS) is 19.3. The number of amides is 1. The number of β-amino-alcohol motifs (C(OH)–C–C–N with tert-alkyl or cyclic N) is 1. The van der Waals surface area contributed by atoms with Gasteiger partial charge in [0.25, 0.3) is 11.5 Å². The van der Waals surface area contributed by atoms with E-state index in [4.69, 9.17) is 0 Å². The molecule has 5 heteroatoms. The van der Waals surface area contributed by atoms with Crippen LogP contribution in [0.2, 0.25) is 0 Å². The molecule has 98 valence electrons. The highest BCUT2D eigenvalue weighted by molar-refractivity contribution is 5.95. The molecule has 18 heavy (non-hydrogen) atoms. The zero-order valence-corrected chi connectivity index (χ0v) is 10.9. The zero-order valence-electron chi connectivity index (χ0n) is 10.9. The summed E-state index contributed by atoms with van der Waals surface area (Å²) < 4.78 is 1.48. The monoisotopic (exact) mass is 250 g/mol. The summed E-state index contributed by atoms with van der Waals surface area (Å²) in [6.07, 6.45) is 0.111. The molecule has 1 atom stereocenters. The smallest absolute Gasteiger partial charge is 0.263 e. The molecule has 0 aromatic carbocycles. The third-order valence-electron chi connectivity index (χ3n) is 3.53. The predicted octanol–water partition coefficient (Wildman–Crippen LogP) is 0.209. The Labute approximate surface area is 106 Å². The van der Waals surface area contributed by atoms with Crippen LogP contribution < -0.4 is 5.56 Å². The molecular weight excluding hydrogens is 232 g/mol. The summed E-state index contributed by atoms with van der Waals surface area (Å²) in [7, 11) is 1.66. The van der Waals surface area contributed by atoms with Crippen molar-refractivity contribution in [3.8, 4) is 0 Å². The van der Waals surface area contributed by atoms with Crippen LogP contribution in [0.1, 0.15) is 28.0 Å². The number of aromatic nitrogens is 1. The van der Waals surface area contributed by atoms with Crippen LogP contribution in [0.15, 0.2) is 10.9 Å². The fourth-order valence-corrected chi connectivity index (χ4v) is 2.32. The molecule has 1 fully saturated rings. The van der Waals surface area contributed by atoms with Gasteiger partial charge in [-0.1, -0.05) is 0 Å². The van der Waals surface area contributed by atoms with Gasteiger partial charge in [0, 0.05) is 25.8 Å². The highest BCUT2D eigenvalue weighted by Crippen LogP contribution is 2.14. The van der Waals surface area contributed by atoms with Crippen molar-refractivity contribution in [3.05, 3.63) is 33.2 Å². The fourth-order valence-electron chi connectivity index (χ4n) is 2.32. The zero-order chi connectivity index (χ0) is 13.4. The highest BCUT2D eigenvalue weighted by atomic mass is 16.3. The number of rotatable bonds is 1. The average Bonchev–Trinajstić information content (AvgIpc) is 2.73. The van der Waals surface area contributed by atoms with E-state index in [0.29, 0.717) is 25.1 Å². The van der Waals surface area contributed by atoms with Crippen LogP contribution in [0.3, 0.4) is 0 Å². The van der Waals surface area contributed by atoms with E-state index in [1.807, 2.05) is 13.0 Å². The Balaban J connectivity index is 2.43. The molecule has 0 bridgehead atoms. The van der Waals surface area contributed by atoms with Gasteiger partial charge in [-0.25, -0.2) is 0 Å². The third-order valence-corrected chi connectivity index (χ3v) is 3.53. The Morgan fingerprint density at radius 3 is 2.67 bits per heavy atom. The second-order valence-electron chi connectivity index (χ2n) is 4.90. The molecule has 0 saturated carbocycles. The molecule has 2 heterocycles. The van der Waals surface area contributed by atoms with Crippen LogP contribution in [0.5, 0.6) is 0 Å². The van der Waals surface area contributed by atoms with Gasteiger partial charge >= 0.3 is 0 Å². The summed E-state index contributed by atoms with van der Waals surface area (Å²) in [5.74, 6) is -0.273. The van der Waals surface area contributed by atoms with E-state index in [0.717, 1.165) is 5.69 Å². The topological polar surface area (TPSA) is 62.5 Å². The Morgan fingerprint density at radius 2 is 2.11 bits per heavy atom. The lowest BCUT2D eigenvalue weighted by molar-refractivity contribution is 0.0762. The van der Waals surface area contributed by atoms with E-state index in [9.17, 15) is 14.7 Å². The van der Waals surface area contributed by atoms with Gasteiger partial charge in [0.1, 0.15) is 5.56 Å². The highest BCUT2D eigenvalue weighted by Gasteiger charge is 2.28. The molecule has 0 aliphatic carbocycles. The van der Waals surface area contributed by atoms with Crippen LogP contribution in [-0.4, -0.2) is 39.7 Å². The van der Waals surface area contributed by atoms with Crippen LogP contribution in [0.4, 0.5) is 0 Å². The lowest BCUT2D eigenvalue weighted by Gasteiger charge is -2.17. The number of carbonyl (C=O) groups is 1. The molecule has 2 rings (SSSR count). The molecule has 1 unspecified atom stereocenters. The molecule has 1 aromatic heterocycles. The van der Waals surface area contributed by atoms with Gasteiger partial charge in [-0.15, -0.1) is 0 Å². The van der Waals surface area contributed by atoms with Crippen LogP contribution in [0, 0.1) is 13.8 Å². The summed E-state index contributed by atoms with van der Waals surface area (Å²) in [5, 5.41) is 9.46. The molecule has 1 aliphatic heterocycles. The standard InChI is InChI=1S/C13H18N2O3/c1-8-6-9(2)14(3)12(17)11(8)13(18)15-5-4-10(16)7-15/h6,10,16H,4-5,7H2,1-3H3. The number of hydrogen-bond donors (Lipinski definition) is 1. The number of aliphatic hydroxyl groups excluding tert-OH is 1. The number of aliphatic hydroxyl groups is 1. The first-order valence-corrected chi connectivity index (χ1v) is 6.06. The van der Waals surface area contributed by atoms with Crippen LogP contribution in [-0.2, 0) is 7.05 Å². The van der Waals surface area contributed by atoms with Gasteiger partial charge in [0.2, 0.25) is 0 Å². The lowest BCUT2D eigenvalue weighted by atomic mass is 10.1. The minimum atomic E-state index is -0.469. The molecule has 0 spiro atoms. The Morgan fingerprint density at radius 1 is 1.44 bits per heavy atom. The first-order chi connectivity index (χ1) is 8.41. The van der Waals surface area contributed by atoms with Crippen LogP contribution >= 0.6 is 0 Å². The quantitative estimate of drug-likeness (QED) is 0.775. The van der Waals surface area contributed by atoms with Gasteiger partial charge in [-0.3, -0.25) is 9.59 Å². The SMILES string of the molecule is Cc1cc(C)n(C)c(=O)c1C(=O)N1CCC(O)C1. The minimum absolute atomic E-state index is 0.220. The van der Waals surface area contributed by atoms with Crippen molar-refractivity contribution in [2.45, 2.75) is 26.4 Å². The summed E-state index contributed by atoms with van der Waals surface area (Å²) in [6.45, 7) is 4.43. The van der Waals surface area contributed by atoms with Crippen molar-refractivity contribution in [3.63, 3.8) is 0 Å². The van der Waals surface area contributed by atoms with E-state index >= 15 is 0 Å². The van der Waals surface area contributed by atoms with E-state index in [-0.39, 0.29) is 17.0 Å². The summed E-state index contributed by atoms with van der Waals surface area (Å²) in [4.78, 5) is 26.0. The number of aryl methyl sites for hydroxylation is 2. The van der Waals surface area contributed by atoms with Crippen molar-refractivity contribution in [2.75, 3.05) is 13.1 Å². The van der Waals surface area contributed by atoms with Crippen molar-refractivity contribution in [2.24, 2.45) is 7.05 Å². The van der Waals surface area contributed by atoms with Crippen molar-refractivity contribution < 1.29 is 9.90 Å². The largest absolute Gasteiger partial charge is 0.391 e. The number of pyridine rings is 1. The molecule has 5 nitrogen and oxygen atoms in total. The average molecular weight is 250 g/mol. The molecule has 0 radical (unpaired) electrons. The molecule has 1 amide bonds. The summed E-state index contributed by atoms with van der Waals surface area (Å²) in [6, 6.07) is 1.83. The number of nitrogens with zero attached hydrogens (tertiary/aromatic N) is 2. The Kier molecular flexibility index (Phi) is 3.26. The first kappa shape index (κ1) is 12.8. The molecule has 1 aliphatic rings. The van der Waals surface area contributed by atoms with E-state index in [1.165, 1.54) is 4.57 Å². The Bertz CT molecular complexity index is 548. The second-order valence-corrected chi connectivity index (χ2v) is 4.90. The fraction of sp³-hybridized carbons (Fsp3) is 0.538. The maximum atomic E-state index is 12.3. The number of carbonyl (C=O) groups excluding carboxylic acids is 1. The van der Waals surface area contributed by atoms with E-state index in [2.05, 4.69) is 0 Å². The number of hydrogen-bond acceptors (Lipinski definition) is 3. The molecule has 1 N–H and O–H groups in total. The van der Waals surface area contributed by atoms with Gasteiger partial charge in [-0.2, -0.15) is 0 Å². The van der Waals surface area contributed by atoms with Crippen molar-refractivity contribution in [1.82, 2.24) is 9.47 Å². The van der Waals surface area contributed by atoms with Crippen molar-refractivity contribution >= 4 is 5.91 Å². The minimum Gasteiger partial charge on any atom is -0.391 e. The maximum absolute atomic E-state index is 12.3. The van der Waals surface area contributed by atoms with Crippen LogP contribution in [0.25, 0.3) is 0 Å². The first-order valence-electron chi connectivity index (χ1n) is 6.06. The Hall–Kier alpha value is -1.62. The second kappa shape index (κ2) is 4.57. The predicted molar refractivity (Wildman–Crippen MR) is 67.7 cm³/mol. The molecule has 1 saturated heterocycles. The maximum Gasteiger partial charge on any atom is 0.263 e. The third kappa shape index (κ3) is 2.06. The van der Waals surface area contributed by atoms with Crippen molar-refractivity contribution in [1.29, 1.82) is 0 Å².